The summed E-state index contributed by atoms with van der Waals surface area (Å²) < 4.78 is 0. The minimum absolute atomic E-state index is 0.168. The van der Waals surface area contributed by atoms with Crippen molar-refractivity contribution in [3.05, 3.63) is 37.4 Å². The van der Waals surface area contributed by atoms with Gasteiger partial charge in [-0.15, -0.1) is 0 Å². The van der Waals surface area contributed by atoms with E-state index in [-0.39, 0.29) is 12.0 Å². The molecule has 0 radical (unpaired) electrons. The number of nitro groups is 2. The average Bonchev–Trinajstić information content (AvgIpc) is 2.53. The van der Waals surface area contributed by atoms with Crippen molar-refractivity contribution in [2.45, 2.75) is 51.4 Å². The van der Waals surface area contributed by atoms with E-state index in [0.29, 0.717) is 31.2 Å². The molecule has 0 bridgehead atoms. The first-order chi connectivity index (χ1) is 12.0. The summed E-state index contributed by atoms with van der Waals surface area (Å²) in [6, 6.07) is 1.12. The molecule has 2 aliphatic carbocycles. The van der Waals surface area contributed by atoms with Crippen molar-refractivity contribution in [1.82, 2.24) is 0 Å². The molecule has 0 amide bonds. The lowest BCUT2D eigenvalue weighted by atomic mass is 9.49. The Kier molecular flexibility index (Phi) is 3.93. The van der Waals surface area contributed by atoms with Crippen LogP contribution in [0.1, 0.15) is 50.7 Å². The summed E-state index contributed by atoms with van der Waals surface area (Å²) in [5, 5.41) is 47.0. The standard InChI is InChI=1S/C17H20N2O7/c1-16-6-3-7-17(2,15(21)22)11(16)5-4-9-8-10(18(23)24)14(20)13(12(9)16)19(25)26/h8,11,20H,3-7H2,1-2H3,(H,21,22)/p-2/t11-,16+,17-/m0/s1. The predicted molar refractivity (Wildman–Crippen MR) is 85.3 cm³/mol. The molecule has 140 valence electrons. The van der Waals surface area contributed by atoms with Crippen LogP contribution < -0.4 is 10.2 Å². The zero-order valence-corrected chi connectivity index (χ0v) is 14.4. The zero-order valence-electron chi connectivity index (χ0n) is 14.4. The maximum atomic E-state index is 12.4. The Morgan fingerprint density at radius 2 is 1.85 bits per heavy atom. The Hall–Kier alpha value is -2.71. The highest BCUT2D eigenvalue weighted by Crippen LogP contribution is 2.60. The molecule has 0 aliphatic heterocycles. The number of carboxylic acids is 1. The first-order valence-electron chi connectivity index (χ1n) is 8.41. The summed E-state index contributed by atoms with van der Waals surface area (Å²) in [5.74, 6) is -2.87. The highest BCUT2D eigenvalue weighted by atomic mass is 16.6. The van der Waals surface area contributed by atoms with Crippen LogP contribution in [0.15, 0.2) is 6.07 Å². The third kappa shape index (κ3) is 2.26. The second-order valence-corrected chi connectivity index (χ2v) is 7.69. The van der Waals surface area contributed by atoms with Crippen molar-refractivity contribution in [2.75, 3.05) is 0 Å². The number of benzene rings is 1. The second kappa shape index (κ2) is 5.65. The van der Waals surface area contributed by atoms with Gasteiger partial charge in [-0.3, -0.25) is 20.2 Å². The molecule has 0 spiro atoms. The average molecular weight is 362 g/mol. The van der Waals surface area contributed by atoms with Crippen LogP contribution in [-0.2, 0) is 16.6 Å². The van der Waals surface area contributed by atoms with Gasteiger partial charge in [-0.25, -0.2) is 0 Å². The molecule has 1 aromatic rings. The number of nitro benzene ring substituents is 2. The van der Waals surface area contributed by atoms with Gasteiger partial charge in [0.25, 0.3) is 11.4 Å². The van der Waals surface area contributed by atoms with E-state index in [1.54, 1.807) is 13.8 Å². The molecule has 0 heterocycles. The number of hydrogen-bond donors (Lipinski definition) is 0. The van der Waals surface area contributed by atoms with E-state index >= 15 is 0 Å². The number of aliphatic carboxylic acids is 1. The van der Waals surface area contributed by atoms with Crippen molar-refractivity contribution < 1.29 is 24.9 Å². The van der Waals surface area contributed by atoms with Crippen LogP contribution >= 0.6 is 0 Å². The van der Waals surface area contributed by atoms with Crippen molar-refractivity contribution >= 4 is 17.3 Å². The summed E-state index contributed by atoms with van der Waals surface area (Å²) >= 11 is 0. The van der Waals surface area contributed by atoms with Gasteiger partial charge in [-0.1, -0.05) is 20.3 Å². The van der Waals surface area contributed by atoms with E-state index in [9.17, 15) is 35.2 Å². The number of aryl methyl sites for hydroxylation is 1. The van der Waals surface area contributed by atoms with Crippen LogP contribution in [-0.4, -0.2) is 15.8 Å². The smallest absolute Gasteiger partial charge is 0.272 e. The van der Waals surface area contributed by atoms with Crippen molar-refractivity contribution in [2.24, 2.45) is 11.3 Å². The molecule has 2 aliphatic rings. The Balaban J connectivity index is 2.31. The number of hydrogen-bond acceptors (Lipinski definition) is 7. The quantitative estimate of drug-likeness (QED) is 0.581. The molecule has 1 fully saturated rings. The summed E-state index contributed by atoms with van der Waals surface area (Å²) in [5.41, 5.74) is -3.12. The third-order valence-electron chi connectivity index (χ3n) is 6.37. The Bertz CT molecular complexity index is 837. The van der Waals surface area contributed by atoms with Gasteiger partial charge in [0.05, 0.1) is 15.6 Å². The van der Waals surface area contributed by atoms with Crippen molar-refractivity contribution in [3.63, 3.8) is 0 Å². The molecule has 3 atom stereocenters. The maximum Gasteiger partial charge on any atom is 0.272 e. The molecule has 1 saturated carbocycles. The van der Waals surface area contributed by atoms with E-state index in [1.165, 1.54) is 0 Å². The summed E-state index contributed by atoms with van der Waals surface area (Å²) in [4.78, 5) is 32.8. The van der Waals surface area contributed by atoms with Crippen molar-refractivity contribution in [1.29, 1.82) is 0 Å². The first kappa shape index (κ1) is 18.1. The van der Waals surface area contributed by atoms with Crippen LogP contribution in [0.3, 0.4) is 0 Å². The first-order valence-corrected chi connectivity index (χ1v) is 8.41. The van der Waals surface area contributed by atoms with Gasteiger partial charge in [0.2, 0.25) is 0 Å². The highest BCUT2D eigenvalue weighted by Gasteiger charge is 2.55. The van der Waals surface area contributed by atoms with E-state index in [0.717, 1.165) is 6.07 Å². The molecule has 0 saturated heterocycles. The van der Waals surface area contributed by atoms with Crippen LogP contribution in [0.4, 0.5) is 11.4 Å². The summed E-state index contributed by atoms with van der Waals surface area (Å²) in [7, 11) is 0. The Morgan fingerprint density at radius 3 is 2.38 bits per heavy atom. The minimum atomic E-state index is -1.22. The number of fused-ring (bicyclic) bond motifs is 3. The number of rotatable bonds is 3. The topological polar surface area (TPSA) is 149 Å². The fraction of sp³-hybridized carbons (Fsp3) is 0.588. The molecule has 0 N–H and O–H groups in total. The molecule has 26 heavy (non-hydrogen) atoms. The Morgan fingerprint density at radius 1 is 1.19 bits per heavy atom. The van der Waals surface area contributed by atoms with Crippen LogP contribution in [0.25, 0.3) is 0 Å². The molecular formula is C17H18N2O7-2. The van der Waals surface area contributed by atoms with E-state index in [4.69, 9.17) is 0 Å². The number of carboxylic acid groups (broad SMARTS) is 1. The van der Waals surface area contributed by atoms with Crippen LogP contribution in [0, 0.1) is 31.6 Å². The molecule has 0 aromatic heterocycles. The minimum Gasteiger partial charge on any atom is -0.863 e. The van der Waals surface area contributed by atoms with Crippen LogP contribution in [0.2, 0.25) is 0 Å². The van der Waals surface area contributed by atoms with Gasteiger partial charge in [-0.2, -0.15) is 0 Å². The lowest BCUT2D eigenvalue weighted by Gasteiger charge is -2.55. The second-order valence-electron chi connectivity index (χ2n) is 7.69. The van der Waals surface area contributed by atoms with E-state index < -0.39 is 49.7 Å². The normalized spacial score (nSPS) is 30.2. The molecular weight excluding hydrogens is 344 g/mol. The zero-order chi connectivity index (χ0) is 19.4. The SMILES string of the molecule is C[C@@]12CCC[C@](C)(C(=O)[O-])[C@H]1CCc1cc([N+](=O)[O-])c([O-])c([N+](=O)[O-])c12. The summed E-state index contributed by atoms with van der Waals surface area (Å²) in [6.07, 6.45) is 2.06. The van der Waals surface area contributed by atoms with Gasteiger partial charge < -0.3 is 15.0 Å². The van der Waals surface area contributed by atoms with Gasteiger partial charge in [0.1, 0.15) is 0 Å². The number of carbonyl (C=O) groups excluding carboxylic acids is 1. The fourth-order valence-electron chi connectivity index (χ4n) is 5.19. The molecule has 1 aromatic carbocycles. The van der Waals surface area contributed by atoms with Crippen molar-refractivity contribution in [3.8, 4) is 5.75 Å². The number of carbonyl (C=O) groups is 1. The van der Waals surface area contributed by atoms with Gasteiger partial charge in [0, 0.05) is 28.4 Å². The van der Waals surface area contributed by atoms with E-state index in [1.807, 2.05) is 0 Å². The largest absolute Gasteiger partial charge is 0.863 e. The third-order valence-corrected chi connectivity index (χ3v) is 6.37. The van der Waals surface area contributed by atoms with Crippen LogP contribution in [0.5, 0.6) is 5.75 Å². The molecule has 9 nitrogen and oxygen atoms in total. The molecule has 3 rings (SSSR count). The maximum absolute atomic E-state index is 12.4. The lowest BCUT2D eigenvalue weighted by molar-refractivity contribution is -0.417. The van der Waals surface area contributed by atoms with Gasteiger partial charge in [-0.05, 0) is 37.2 Å². The lowest BCUT2D eigenvalue weighted by Crippen LogP contribution is -2.56. The monoisotopic (exact) mass is 362 g/mol. The highest BCUT2D eigenvalue weighted by molar-refractivity contribution is 5.74. The fourth-order valence-corrected chi connectivity index (χ4v) is 5.19. The van der Waals surface area contributed by atoms with Gasteiger partial charge in [0.15, 0.2) is 0 Å². The summed E-state index contributed by atoms with van der Waals surface area (Å²) in [6.45, 7) is 3.32. The van der Waals surface area contributed by atoms with Gasteiger partial charge >= 0.3 is 0 Å². The number of nitrogens with zero attached hydrogens (tertiary/aromatic N) is 2. The molecule has 9 heteroatoms. The Labute approximate surface area is 148 Å². The predicted octanol–water partition coefficient (Wildman–Crippen LogP) is 1.34. The van der Waals surface area contributed by atoms with E-state index in [2.05, 4.69) is 0 Å². The molecule has 0 unspecified atom stereocenters.